The van der Waals surface area contributed by atoms with E-state index in [0.29, 0.717) is 5.92 Å². The minimum atomic E-state index is 0.0908. The molecule has 6 rings (SSSR count). The maximum Gasteiger partial charge on any atom is 0.141 e. The van der Waals surface area contributed by atoms with E-state index < -0.39 is 0 Å². The highest BCUT2D eigenvalue weighted by Gasteiger charge is 2.28. The van der Waals surface area contributed by atoms with Crippen LogP contribution in [0.2, 0.25) is 0 Å². The van der Waals surface area contributed by atoms with Gasteiger partial charge in [0.15, 0.2) is 0 Å². The third-order valence-corrected chi connectivity index (χ3v) is 7.52. The number of fused-ring (bicyclic) bond motifs is 4. The van der Waals surface area contributed by atoms with Crippen LogP contribution in [-0.2, 0) is 0 Å². The van der Waals surface area contributed by atoms with Crippen LogP contribution in [0, 0.1) is 12.8 Å². The molecule has 1 aliphatic heterocycles. The SMILES string of the molecule is Cc1cc(C2NC=C(C(C)C)c3cc(C4CCCC4)ccc32)c2oc3ccccc3c2c1. The van der Waals surface area contributed by atoms with Crippen LogP contribution in [0.1, 0.15) is 79.3 Å². The van der Waals surface area contributed by atoms with Crippen LogP contribution in [0.4, 0.5) is 0 Å². The molecule has 0 spiro atoms. The highest BCUT2D eigenvalue weighted by molar-refractivity contribution is 6.06. The maximum absolute atomic E-state index is 6.43. The first kappa shape index (κ1) is 19.7. The second-order valence-electron chi connectivity index (χ2n) is 10.0. The summed E-state index contributed by atoms with van der Waals surface area (Å²) in [5.74, 6) is 1.20. The Morgan fingerprint density at radius 1 is 0.906 bits per heavy atom. The van der Waals surface area contributed by atoms with Crippen LogP contribution in [0.15, 0.2) is 65.2 Å². The van der Waals surface area contributed by atoms with Gasteiger partial charge in [0.05, 0.1) is 6.04 Å². The van der Waals surface area contributed by atoms with Crippen molar-refractivity contribution < 1.29 is 4.42 Å². The number of rotatable bonds is 3. The molecule has 1 atom stereocenters. The molecule has 2 heteroatoms. The highest BCUT2D eigenvalue weighted by atomic mass is 16.3. The zero-order valence-electron chi connectivity index (χ0n) is 19.2. The number of allylic oxidation sites excluding steroid dienone is 1. The summed E-state index contributed by atoms with van der Waals surface area (Å²) in [7, 11) is 0. The van der Waals surface area contributed by atoms with Gasteiger partial charge in [-0.1, -0.05) is 63.1 Å². The normalized spacial score (nSPS) is 18.9. The lowest BCUT2D eigenvalue weighted by Gasteiger charge is -2.30. The Balaban J connectivity index is 1.54. The van der Waals surface area contributed by atoms with Crippen molar-refractivity contribution in [3.63, 3.8) is 0 Å². The average molecular weight is 422 g/mol. The molecule has 3 aromatic carbocycles. The smallest absolute Gasteiger partial charge is 0.141 e. The van der Waals surface area contributed by atoms with Gasteiger partial charge in [-0.2, -0.15) is 0 Å². The van der Waals surface area contributed by atoms with Gasteiger partial charge in [0.2, 0.25) is 0 Å². The molecule has 1 aliphatic carbocycles. The first-order valence-corrected chi connectivity index (χ1v) is 12.1. The van der Waals surface area contributed by atoms with Crippen LogP contribution in [0.3, 0.4) is 0 Å². The first-order chi connectivity index (χ1) is 15.6. The molecule has 1 N–H and O–H groups in total. The summed E-state index contributed by atoms with van der Waals surface area (Å²) in [5.41, 5.74) is 10.2. The molecule has 1 unspecified atom stereocenters. The number of nitrogens with one attached hydrogen (secondary N) is 1. The molecule has 0 radical (unpaired) electrons. The molecule has 162 valence electrons. The van der Waals surface area contributed by atoms with E-state index in [9.17, 15) is 0 Å². The van der Waals surface area contributed by atoms with Gasteiger partial charge in [0.1, 0.15) is 11.2 Å². The fourth-order valence-electron chi connectivity index (χ4n) is 5.88. The van der Waals surface area contributed by atoms with Crippen molar-refractivity contribution in [1.29, 1.82) is 0 Å². The van der Waals surface area contributed by atoms with E-state index in [2.05, 4.69) is 80.8 Å². The Hall–Kier alpha value is -3.00. The number of para-hydroxylation sites is 1. The topological polar surface area (TPSA) is 25.2 Å². The molecular formula is C30H31NO. The van der Waals surface area contributed by atoms with Gasteiger partial charge >= 0.3 is 0 Å². The molecule has 1 saturated carbocycles. The van der Waals surface area contributed by atoms with E-state index in [1.54, 1.807) is 0 Å². The van der Waals surface area contributed by atoms with Gasteiger partial charge in [0, 0.05) is 22.5 Å². The minimum Gasteiger partial charge on any atom is -0.456 e. The maximum atomic E-state index is 6.43. The lowest BCUT2D eigenvalue weighted by atomic mass is 9.81. The Labute approximate surface area is 190 Å². The van der Waals surface area contributed by atoms with Crippen molar-refractivity contribution in [1.82, 2.24) is 5.32 Å². The van der Waals surface area contributed by atoms with E-state index in [1.165, 1.54) is 69.8 Å². The van der Waals surface area contributed by atoms with Gasteiger partial charge in [0.25, 0.3) is 0 Å². The average Bonchev–Trinajstić information content (AvgIpc) is 3.46. The highest BCUT2D eigenvalue weighted by Crippen LogP contribution is 2.43. The van der Waals surface area contributed by atoms with Crippen molar-refractivity contribution >= 4 is 27.5 Å². The molecule has 1 fully saturated rings. The van der Waals surface area contributed by atoms with Crippen LogP contribution in [0.5, 0.6) is 0 Å². The predicted molar refractivity (Wildman–Crippen MR) is 134 cm³/mol. The molecule has 4 aromatic rings. The fraction of sp³-hybridized carbons (Fsp3) is 0.333. The third kappa shape index (κ3) is 3.08. The molecular weight excluding hydrogens is 390 g/mol. The molecule has 1 aromatic heterocycles. The second-order valence-corrected chi connectivity index (χ2v) is 10.0. The molecule has 32 heavy (non-hydrogen) atoms. The fourth-order valence-corrected chi connectivity index (χ4v) is 5.88. The van der Waals surface area contributed by atoms with E-state index >= 15 is 0 Å². The van der Waals surface area contributed by atoms with E-state index in [1.807, 2.05) is 6.07 Å². The van der Waals surface area contributed by atoms with Crippen LogP contribution < -0.4 is 5.32 Å². The summed E-state index contributed by atoms with van der Waals surface area (Å²) >= 11 is 0. The van der Waals surface area contributed by atoms with Gasteiger partial charge in [-0.15, -0.1) is 0 Å². The standard InChI is InChI=1S/C30H31NO/c1-18(2)27-17-31-29(23-13-12-21(16-24(23)27)20-8-4-5-9-20)26-15-19(3)14-25-22-10-6-7-11-28(22)32-30(25)26/h6-7,10-18,20,29,31H,4-5,8-9H2,1-3H3. The molecule has 0 saturated heterocycles. The Kier molecular flexibility index (Phi) is 4.64. The summed E-state index contributed by atoms with van der Waals surface area (Å²) in [5, 5.41) is 6.16. The van der Waals surface area contributed by atoms with Crippen LogP contribution in [-0.4, -0.2) is 0 Å². The molecule has 2 heterocycles. The summed E-state index contributed by atoms with van der Waals surface area (Å²) < 4.78 is 6.43. The van der Waals surface area contributed by atoms with Crippen molar-refractivity contribution in [3.05, 3.63) is 88.6 Å². The minimum absolute atomic E-state index is 0.0908. The van der Waals surface area contributed by atoms with Crippen molar-refractivity contribution in [2.24, 2.45) is 5.92 Å². The number of hydrogen-bond donors (Lipinski definition) is 1. The number of aryl methyl sites for hydroxylation is 1. The van der Waals surface area contributed by atoms with E-state index in [-0.39, 0.29) is 6.04 Å². The van der Waals surface area contributed by atoms with Crippen LogP contribution >= 0.6 is 0 Å². The van der Waals surface area contributed by atoms with Gasteiger partial charge < -0.3 is 9.73 Å². The monoisotopic (exact) mass is 421 g/mol. The number of hydrogen-bond acceptors (Lipinski definition) is 2. The zero-order valence-corrected chi connectivity index (χ0v) is 19.2. The van der Waals surface area contributed by atoms with Gasteiger partial charge in [-0.25, -0.2) is 0 Å². The van der Waals surface area contributed by atoms with E-state index in [0.717, 1.165) is 17.1 Å². The first-order valence-electron chi connectivity index (χ1n) is 12.1. The lowest BCUT2D eigenvalue weighted by Crippen LogP contribution is -2.24. The Morgan fingerprint density at radius 3 is 2.53 bits per heavy atom. The molecule has 0 bridgehead atoms. The van der Waals surface area contributed by atoms with Crippen LogP contribution in [0.25, 0.3) is 27.5 Å². The molecule has 0 amide bonds. The summed E-state index contributed by atoms with van der Waals surface area (Å²) in [6.07, 6.45) is 7.66. The van der Waals surface area contributed by atoms with Gasteiger partial charge in [-0.05, 0) is 77.6 Å². The Bertz CT molecular complexity index is 1350. The van der Waals surface area contributed by atoms with Crippen molar-refractivity contribution in [2.75, 3.05) is 0 Å². The lowest BCUT2D eigenvalue weighted by molar-refractivity contribution is 0.639. The number of furan rings is 1. The molecule has 2 nitrogen and oxygen atoms in total. The summed E-state index contributed by atoms with van der Waals surface area (Å²) in [6.45, 7) is 6.78. The quantitative estimate of drug-likeness (QED) is 0.360. The largest absolute Gasteiger partial charge is 0.456 e. The number of benzene rings is 3. The van der Waals surface area contributed by atoms with Crippen molar-refractivity contribution in [3.8, 4) is 0 Å². The Morgan fingerprint density at radius 2 is 1.72 bits per heavy atom. The molecule has 2 aliphatic rings. The predicted octanol–water partition coefficient (Wildman–Crippen LogP) is 8.24. The third-order valence-electron chi connectivity index (χ3n) is 7.52. The van der Waals surface area contributed by atoms with Gasteiger partial charge in [-0.3, -0.25) is 0 Å². The summed E-state index contributed by atoms with van der Waals surface area (Å²) in [4.78, 5) is 0. The van der Waals surface area contributed by atoms with Crippen molar-refractivity contribution in [2.45, 2.75) is 58.4 Å². The zero-order chi connectivity index (χ0) is 21.8. The second kappa shape index (κ2) is 7.55. The van der Waals surface area contributed by atoms with E-state index in [4.69, 9.17) is 4.42 Å². The summed E-state index contributed by atoms with van der Waals surface area (Å²) in [6, 6.07) is 20.3.